The highest BCUT2D eigenvalue weighted by molar-refractivity contribution is 6.00. The van der Waals surface area contributed by atoms with Gasteiger partial charge in [-0.05, 0) is 30.2 Å². The number of nitrogens with one attached hydrogen (secondary N) is 1. The van der Waals surface area contributed by atoms with Gasteiger partial charge in [0, 0.05) is 12.1 Å². The van der Waals surface area contributed by atoms with E-state index in [4.69, 9.17) is 4.74 Å². The predicted molar refractivity (Wildman–Crippen MR) is 93.2 cm³/mol. The Balaban J connectivity index is 1.64. The molecule has 1 aliphatic heterocycles. The summed E-state index contributed by atoms with van der Waals surface area (Å²) in [5.74, 6) is 1.41. The molecule has 25 heavy (non-hydrogen) atoms. The molecule has 0 aliphatic carbocycles. The molecule has 1 saturated heterocycles. The van der Waals surface area contributed by atoms with E-state index in [1.165, 1.54) is 6.33 Å². The molecule has 1 amide bonds. The Hall–Kier alpha value is -3.15. The van der Waals surface area contributed by atoms with Gasteiger partial charge in [-0.25, -0.2) is 4.98 Å². The van der Waals surface area contributed by atoms with Gasteiger partial charge in [-0.15, -0.1) is 0 Å². The van der Waals surface area contributed by atoms with Crippen molar-refractivity contribution in [3.05, 3.63) is 66.0 Å². The van der Waals surface area contributed by atoms with Crippen LogP contribution in [0, 0.1) is 0 Å². The number of methoxy groups -OCH3 is 1. The van der Waals surface area contributed by atoms with E-state index in [0.29, 0.717) is 11.4 Å². The Morgan fingerprint density at radius 3 is 2.84 bits per heavy atom. The molecule has 0 bridgehead atoms. The van der Waals surface area contributed by atoms with Crippen molar-refractivity contribution in [2.24, 2.45) is 0 Å². The van der Waals surface area contributed by atoms with E-state index in [0.717, 1.165) is 29.8 Å². The Bertz CT molecular complexity index is 892. The summed E-state index contributed by atoms with van der Waals surface area (Å²) >= 11 is 0. The van der Waals surface area contributed by atoms with E-state index in [1.54, 1.807) is 7.11 Å². The number of H-pyrrole nitrogens is 1. The van der Waals surface area contributed by atoms with Crippen molar-refractivity contribution in [2.45, 2.75) is 12.5 Å². The minimum Gasteiger partial charge on any atom is -0.497 e. The number of hydrogen-bond acceptors (Lipinski definition) is 4. The van der Waals surface area contributed by atoms with Crippen LogP contribution in [0.4, 0.5) is 0 Å². The molecular weight excluding hydrogens is 316 g/mol. The summed E-state index contributed by atoms with van der Waals surface area (Å²) < 4.78 is 5.30. The maximum absolute atomic E-state index is 13.1. The number of ether oxygens (including phenoxy) is 1. The monoisotopic (exact) mass is 334 g/mol. The second-order valence-electron chi connectivity index (χ2n) is 5.96. The van der Waals surface area contributed by atoms with Gasteiger partial charge in [-0.1, -0.05) is 30.3 Å². The smallest absolute Gasteiger partial charge is 0.255 e. The summed E-state index contributed by atoms with van der Waals surface area (Å²) in [4.78, 5) is 19.2. The number of benzene rings is 2. The van der Waals surface area contributed by atoms with Gasteiger partial charge in [0.05, 0.1) is 18.7 Å². The maximum atomic E-state index is 13.1. The normalized spacial score (nSPS) is 16.4. The van der Waals surface area contributed by atoms with Crippen LogP contribution >= 0.6 is 0 Å². The zero-order valence-corrected chi connectivity index (χ0v) is 13.8. The van der Waals surface area contributed by atoms with Gasteiger partial charge < -0.3 is 9.64 Å². The molecule has 0 radical (unpaired) electrons. The molecule has 126 valence electrons. The van der Waals surface area contributed by atoms with E-state index < -0.39 is 0 Å². The Labute approximate surface area is 145 Å². The molecule has 1 fully saturated rings. The molecule has 1 aliphatic rings. The topological polar surface area (TPSA) is 71.1 Å². The lowest BCUT2D eigenvalue weighted by Crippen LogP contribution is -2.45. The van der Waals surface area contributed by atoms with Crippen LogP contribution in [0.5, 0.6) is 5.75 Å². The third kappa shape index (κ3) is 2.76. The Morgan fingerprint density at radius 1 is 1.24 bits per heavy atom. The number of aromatic amines is 1. The molecule has 1 N–H and O–H groups in total. The summed E-state index contributed by atoms with van der Waals surface area (Å²) in [7, 11) is 1.65. The number of amides is 1. The predicted octanol–water partition coefficient (Wildman–Crippen LogP) is 3.07. The number of nitrogens with zero attached hydrogens (tertiary/aromatic N) is 3. The average Bonchev–Trinajstić information content (AvgIpc) is 3.15. The average molecular weight is 334 g/mol. The van der Waals surface area contributed by atoms with Crippen LogP contribution in [0.3, 0.4) is 0 Å². The number of aromatic nitrogens is 3. The molecule has 0 unspecified atom stereocenters. The molecule has 1 aromatic heterocycles. The van der Waals surface area contributed by atoms with Gasteiger partial charge in [-0.2, -0.15) is 5.10 Å². The summed E-state index contributed by atoms with van der Waals surface area (Å²) in [6.45, 7) is 0.742. The van der Waals surface area contributed by atoms with Crippen LogP contribution in [0.1, 0.15) is 28.4 Å². The minimum atomic E-state index is 0.00562. The van der Waals surface area contributed by atoms with Crippen LogP contribution in [0.2, 0.25) is 0 Å². The van der Waals surface area contributed by atoms with Crippen LogP contribution < -0.4 is 4.74 Å². The van der Waals surface area contributed by atoms with Crippen molar-refractivity contribution in [1.82, 2.24) is 20.1 Å². The van der Waals surface area contributed by atoms with Crippen molar-refractivity contribution in [1.29, 1.82) is 0 Å². The number of carbonyl (C=O) groups is 1. The van der Waals surface area contributed by atoms with Gasteiger partial charge in [-0.3, -0.25) is 9.89 Å². The number of hydrogen-bond donors (Lipinski definition) is 1. The quantitative estimate of drug-likeness (QED) is 0.796. The highest BCUT2D eigenvalue weighted by atomic mass is 16.5. The molecule has 2 aromatic carbocycles. The van der Waals surface area contributed by atoms with E-state index in [2.05, 4.69) is 15.2 Å². The first-order valence-electron chi connectivity index (χ1n) is 8.17. The van der Waals surface area contributed by atoms with Crippen LogP contribution in [0.25, 0.3) is 11.4 Å². The molecule has 2 heterocycles. The Morgan fingerprint density at radius 2 is 2.12 bits per heavy atom. The molecule has 6 heteroatoms. The maximum Gasteiger partial charge on any atom is 0.255 e. The zero-order valence-electron chi connectivity index (χ0n) is 13.8. The van der Waals surface area contributed by atoms with Gasteiger partial charge >= 0.3 is 0 Å². The minimum absolute atomic E-state index is 0.00562. The fraction of sp³-hybridized carbons (Fsp3) is 0.211. The molecule has 4 rings (SSSR count). The van der Waals surface area contributed by atoms with Crippen molar-refractivity contribution in [3.63, 3.8) is 0 Å². The van der Waals surface area contributed by atoms with Crippen LogP contribution in [-0.4, -0.2) is 39.6 Å². The first-order chi connectivity index (χ1) is 12.3. The number of rotatable bonds is 4. The lowest BCUT2D eigenvalue weighted by Gasteiger charge is -2.41. The second-order valence-corrected chi connectivity index (χ2v) is 5.96. The second kappa shape index (κ2) is 6.39. The third-order valence-corrected chi connectivity index (χ3v) is 4.59. The Kier molecular flexibility index (Phi) is 3.93. The molecule has 3 aromatic rings. The van der Waals surface area contributed by atoms with Crippen molar-refractivity contribution in [3.8, 4) is 17.1 Å². The summed E-state index contributed by atoms with van der Waals surface area (Å²) in [6.07, 6.45) is 2.39. The molecule has 1 atom stereocenters. The fourth-order valence-electron chi connectivity index (χ4n) is 3.19. The van der Waals surface area contributed by atoms with E-state index in [-0.39, 0.29) is 11.9 Å². The van der Waals surface area contributed by atoms with Crippen LogP contribution in [0.15, 0.2) is 54.9 Å². The van der Waals surface area contributed by atoms with E-state index in [9.17, 15) is 4.79 Å². The fourth-order valence-corrected chi connectivity index (χ4v) is 3.19. The summed E-state index contributed by atoms with van der Waals surface area (Å²) in [5, 5.41) is 6.72. The molecular formula is C19H18N4O2. The molecule has 6 nitrogen and oxygen atoms in total. The zero-order chi connectivity index (χ0) is 17.2. The summed E-state index contributed by atoms with van der Waals surface area (Å²) in [6, 6.07) is 15.4. The first kappa shape index (κ1) is 15.4. The van der Waals surface area contributed by atoms with E-state index >= 15 is 0 Å². The molecule has 0 saturated carbocycles. The van der Waals surface area contributed by atoms with Crippen LogP contribution in [-0.2, 0) is 0 Å². The summed E-state index contributed by atoms with van der Waals surface area (Å²) in [5.41, 5.74) is 2.49. The first-order valence-corrected chi connectivity index (χ1v) is 8.17. The van der Waals surface area contributed by atoms with Crippen molar-refractivity contribution >= 4 is 5.91 Å². The largest absolute Gasteiger partial charge is 0.497 e. The van der Waals surface area contributed by atoms with Gasteiger partial charge in [0.15, 0.2) is 5.82 Å². The SMILES string of the molecule is COc1cccc([C@@H]2CCN2C(=O)c2ccccc2-c2ncn[nH]2)c1. The van der Waals surface area contributed by atoms with Gasteiger partial charge in [0.1, 0.15) is 12.1 Å². The third-order valence-electron chi connectivity index (χ3n) is 4.59. The number of likely N-dealkylation sites (tertiary alicyclic amines) is 1. The lowest BCUT2D eigenvalue weighted by atomic mass is 9.92. The van der Waals surface area contributed by atoms with E-state index in [1.807, 2.05) is 53.4 Å². The van der Waals surface area contributed by atoms with Crippen molar-refractivity contribution in [2.75, 3.05) is 13.7 Å². The number of carbonyl (C=O) groups excluding carboxylic acids is 1. The van der Waals surface area contributed by atoms with Gasteiger partial charge in [0.25, 0.3) is 5.91 Å². The lowest BCUT2D eigenvalue weighted by molar-refractivity contribution is 0.0460. The molecule has 0 spiro atoms. The van der Waals surface area contributed by atoms with Gasteiger partial charge in [0.2, 0.25) is 0 Å². The standard InChI is InChI=1S/C19H18N4O2/c1-25-14-6-4-5-13(11-14)17-9-10-23(17)19(24)16-8-3-2-7-15(16)18-20-12-21-22-18/h2-8,11-12,17H,9-10H2,1H3,(H,20,21,22)/t17-/m0/s1. The highest BCUT2D eigenvalue weighted by Crippen LogP contribution is 2.36. The highest BCUT2D eigenvalue weighted by Gasteiger charge is 2.35. The van der Waals surface area contributed by atoms with Crippen molar-refractivity contribution < 1.29 is 9.53 Å².